The van der Waals surface area contributed by atoms with Gasteiger partial charge in [0.05, 0.1) is 24.4 Å². The second-order valence-corrected chi connectivity index (χ2v) is 15.6. The fourth-order valence-corrected chi connectivity index (χ4v) is 7.99. The maximum absolute atomic E-state index is 13.6. The molecule has 2 aliphatic heterocycles. The zero-order valence-electron chi connectivity index (χ0n) is 28.5. The molecular weight excluding hydrogens is 634 g/mol. The first-order chi connectivity index (χ1) is 22.8. The van der Waals surface area contributed by atoms with Crippen LogP contribution in [-0.2, 0) is 31.1 Å². The zero-order valence-corrected chi connectivity index (χ0v) is 29.3. The number of fused-ring (bicyclic) bond motifs is 5. The second-order valence-electron chi connectivity index (χ2n) is 13.7. The Balaban J connectivity index is 1.53. The molecule has 0 radical (unpaired) electrons. The third kappa shape index (κ3) is 5.96. The van der Waals surface area contributed by atoms with Crippen LogP contribution in [0.25, 0.3) is 22.2 Å². The van der Waals surface area contributed by atoms with E-state index in [1.807, 2.05) is 32.0 Å². The molecule has 0 bridgehead atoms. The Morgan fingerprint density at radius 3 is 2.35 bits per heavy atom. The lowest BCUT2D eigenvalue weighted by atomic mass is 9.78. The van der Waals surface area contributed by atoms with Crippen LogP contribution >= 0.6 is 0 Å². The van der Waals surface area contributed by atoms with E-state index in [2.05, 4.69) is 20.7 Å². The van der Waals surface area contributed by atoms with Gasteiger partial charge in [0.1, 0.15) is 5.75 Å². The third-order valence-electron chi connectivity index (χ3n) is 10.6. The van der Waals surface area contributed by atoms with Crippen LogP contribution in [0.5, 0.6) is 5.75 Å². The van der Waals surface area contributed by atoms with Crippen molar-refractivity contribution in [1.29, 1.82) is 0 Å². The van der Waals surface area contributed by atoms with E-state index in [1.54, 1.807) is 26.4 Å². The molecule has 6 rings (SSSR count). The summed E-state index contributed by atoms with van der Waals surface area (Å²) < 4.78 is 41.3. The number of nitrogens with one attached hydrogen (secondary N) is 2. The summed E-state index contributed by atoms with van der Waals surface area (Å²) in [6, 6.07) is 11.3. The molecule has 1 saturated heterocycles. The quantitative estimate of drug-likeness (QED) is 0.363. The number of amides is 3. The lowest BCUT2D eigenvalue weighted by Gasteiger charge is -2.40. The van der Waals surface area contributed by atoms with Crippen LogP contribution in [0, 0.1) is 0 Å². The van der Waals surface area contributed by atoms with Crippen LogP contribution < -0.4 is 14.8 Å². The van der Waals surface area contributed by atoms with E-state index in [0.29, 0.717) is 25.4 Å². The van der Waals surface area contributed by atoms with Gasteiger partial charge < -0.3 is 24.3 Å². The lowest BCUT2D eigenvalue weighted by Crippen LogP contribution is -2.61. The topological polar surface area (TPSA) is 139 Å². The maximum Gasteiger partial charge on any atom is 0.312 e. The van der Waals surface area contributed by atoms with Gasteiger partial charge in [-0.2, -0.15) is 12.7 Å². The monoisotopic (exact) mass is 679 g/mol. The van der Waals surface area contributed by atoms with Crippen LogP contribution in [0.1, 0.15) is 79.3 Å². The SMILES string of the molecule is COc1ccc2c(c1)C(C)C(C)(NC(=O)C(=O)N1CC(OC)C1)Cn1c-2c(C2CCCCC2)c2ccc(C(=O)NS(=O)(=O)N(C)C)cc21. The van der Waals surface area contributed by atoms with E-state index in [4.69, 9.17) is 9.47 Å². The van der Waals surface area contributed by atoms with Gasteiger partial charge >= 0.3 is 22.0 Å². The summed E-state index contributed by atoms with van der Waals surface area (Å²) in [4.78, 5) is 41.6. The van der Waals surface area contributed by atoms with Gasteiger partial charge in [-0.15, -0.1) is 0 Å². The smallest absolute Gasteiger partial charge is 0.312 e. The number of carbonyl (C=O) groups is 3. The molecule has 3 aliphatic rings. The maximum atomic E-state index is 13.6. The Hall–Kier alpha value is -3.94. The van der Waals surface area contributed by atoms with E-state index in [1.165, 1.54) is 31.0 Å². The van der Waals surface area contributed by atoms with E-state index in [-0.39, 0.29) is 23.5 Å². The van der Waals surface area contributed by atoms with Gasteiger partial charge in [-0.3, -0.25) is 14.4 Å². The third-order valence-corrected chi connectivity index (χ3v) is 12.0. The molecule has 258 valence electrons. The number of likely N-dealkylation sites (tertiary alicyclic amines) is 1. The number of rotatable bonds is 7. The molecule has 2 aromatic carbocycles. The Labute approximate surface area is 281 Å². The Morgan fingerprint density at radius 1 is 1.00 bits per heavy atom. The second kappa shape index (κ2) is 12.8. The Morgan fingerprint density at radius 2 is 1.71 bits per heavy atom. The summed E-state index contributed by atoms with van der Waals surface area (Å²) in [5.41, 5.74) is 4.17. The predicted molar refractivity (Wildman–Crippen MR) is 182 cm³/mol. The van der Waals surface area contributed by atoms with Crippen molar-refractivity contribution in [3.63, 3.8) is 0 Å². The summed E-state index contributed by atoms with van der Waals surface area (Å²) in [6.07, 6.45) is 5.37. The fraction of sp³-hybridized carbons (Fsp3) is 0.514. The van der Waals surface area contributed by atoms with Gasteiger partial charge in [0, 0.05) is 68.8 Å². The van der Waals surface area contributed by atoms with Crippen molar-refractivity contribution >= 4 is 38.8 Å². The molecule has 0 spiro atoms. The van der Waals surface area contributed by atoms with Crippen LogP contribution in [0.3, 0.4) is 0 Å². The molecule has 12 nitrogen and oxygen atoms in total. The van der Waals surface area contributed by atoms with Crippen LogP contribution in [0.2, 0.25) is 0 Å². The highest BCUT2D eigenvalue weighted by molar-refractivity contribution is 7.87. The molecule has 3 aromatic rings. The number of nitrogens with zero attached hydrogens (tertiary/aromatic N) is 3. The molecule has 1 aromatic heterocycles. The lowest BCUT2D eigenvalue weighted by molar-refractivity contribution is -0.154. The van der Waals surface area contributed by atoms with Crippen molar-refractivity contribution in [1.82, 2.24) is 23.8 Å². The fourth-order valence-electron chi connectivity index (χ4n) is 7.45. The number of ether oxygens (including phenoxy) is 2. The first-order valence-corrected chi connectivity index (χ1v) is 17.9. The van der Waals surface area contributed by atoms with Crippen molar-refractivity contribution in [2.45, 2.75) is 76.0 Å². The predicted octanol–water partition coefficient (Wildman–Crippen LogP) is 3.75. The largest absolute Gasteiger partial charge is 0.497 e. The van der Waals surface area contributed by atoms with Crippen molar-refractivity contribution in [3.8, 4) is 17.0 Å². The van der Waals surface area contributed by atoms with Gasteiger partial charge in [0.25, 0.3) is 5.91 Å². The summed E-state index contributed by atoms with van der Waals surface area (Å²) in [5.74, 6) is -1.33. The summed E-state index contributed by atoms with van der Waals surface area (Å²) >= 11 is 0. The molecule has 2 N–H and O–H groups in total. The molecule has 48 heavy (non-hydrogen) atoms. The molecule has 3 heterocycles. The van der Waals surface area contributed by atoms with Crippen molar-refractivity contribution in [2.75, 3.05) is 41.4 Å². The van der Waals surface area contributed by atoms with Crippen molar-refractivity contribution < 1.29 is 32.3 Å². The molecule has 2 atom stereocenters. The van der Waals surface area contributed by atoms with Gasteiger partial charge in [0.2, 0.25) is 0 Å². The average molecular weight is 680 g/mol. The molecule has 1 aliphatic carbocycles. The first-order valence-electron chi connectivity index (χ1n) is 16.5. The number of hydrogen-bond acceptors (Lipinski definition) is 7. The minimum absolute atomic E-state index is 0.0837. The molecular formula is C35H45N5O7S. The van der Waals surface area contributed by atoms with Gasteiger partial charge in [0.15, 0.2) is 0 Å². The van der Waals surface area contributed by atoms with E-state index < -0.39 is 33.5 Å². The number of benzene rings is 2. The van der Waals surface area contributed by atoms with Gasteiger partial charge in [-0.05, 0) is 67.1 Å². The van der Waals surface area contributed by atoms with Crippen molar-refractivity contribution in [3.05, 3.63) is 53.1 Å². The number of aromatic nitrogens is 1. The van der Waals surface area contributed by atoms with Crippen molar-refractivity contribution in [2.24, 2.45) is 0 Å². The van der Waals surface area contributed by atoms with Crippen LogP contribution in [0.4, 0.5) is 0 Å². The number of methoxy groups -OCH3 is 2. The zero-order chi connectivity index (χ0) is 34.5. The first kappa shape index (κ1) is 33.9. The Kier molecular flexibility index (Phi) is 9.07. The standard InChI is InChI=1S/C35H45N5O7S/c1-21-28-17-24(46-5)13-15-26(28)31-30(22-10-8-7-9-11-22)27-14-12-23(32(41)37-48(44,45)38(3)4)16-29(27)40(31)20-35(21,2)36-33(42)34(43)39-18-25(19-39)47-6/h12-17,21-22,25H,7-11,18-20H2,1-6H3,(H,36,42)(H,37,41). The summed E-state index contributed by atoms with van der Waals surface area (Å²) in [5, 5.41) is 4.11. The van der Waals surface area contributed by atoms with Gasteiger partial charge in [-0.25, -0.2) is 4.72 Å². The minimum atomic E-state index is -4.01. The highest BCUT2D eigenvalue weighted by atomic mass is 32.2. The van der Waals surface area contributed by atoms with E-state index >= 15 is 0 Å². The summed E-state index contributed by atoms with van der Waals surface area (Å²) in [7, 11) is 1.90. The van der Waals surface area contributed by atoms with E-state index in [0.717, 1.165) is 57.7 Å². The highest BCUT2D eigenvalue weighted by Gasteiger charge is 2.44. The van der Waals surface area contributed by atoms with E-state index in [9.17, 15) is 22.8 Å². The number of hydrogen-bond donors (Lipinski definition) is 2. The van der Waals surface area contributed by atoms with Gasteiger partial charge in [-0.1, -0.05) is 32.3 Å². The molecule has 1 saturated carbocycles. The molecule has 13 heteroatoms. The molecule has 2 unspecified atom stereocenters. The summed E-state index contributed by atoms with van der Waals surface area (Å²) in [6.45, 7) is 5.01. The molecule has 3 amide bonds. The molecule has 2 fully saturated rings. The highest BCUT2D eigenvalue weighted by Crippen LogP contribution is 2.50. The average Bonchev–Trinajstić information content (AvgIpc) is 3.31. The Bertz CT molecular complexity index is 1880. The normalized spacial score (nSPS) is 21.6. The van der Waals surface area contributed by atoms with Crippen LogP contribution in [0.15, 0.2) is 36.4 Å². The number of carbonyl (C=O) groups excluding carboxylic acids is 3. The minimum Gasteiger partial charge on any atom is -0.497 e. The van der Waals surface area contributed by atoms with Crippen LogP contribution in [-0.4, -0.2) is 93.0 Å².